The van der Waals surface area contributed by atoms with Crippen LogP contribution in [-0.2, 0) is 0 Å². The Labute approximate surface area is 119 Å². The molecule has 0 bridgehead atoms. The fourth-order valence-electron chi connectivity index (χ4n) is 2.77. The first kappa shape index (κ1) is 14.6. The molecule has 1 aromatic carbocycles. The van der Waals surface area contributed by atoms with Crippen molar-refractivity contribution in [2.45, 2.75) is 58.1 Å². The molecule has 1 N–H and O–H groups in total. The minimum absolute atomic E-state index is 0.0364. The molecule has 0 atom stereocenters. The first-order valence-corrected chi connectivity index (χ1v) is 7.13. The van der Waals surface area contributed by atoms with Crippen molar-refractivity contribution in [1.29, 1.82) is 0 Å². The quantitative estimate of drug-likeness (QED) is 0.649. The summed E-state index contributed by atoms with van der Waals surface area (Å²) in [6.45, 7) is 5.85. The number of ether oxygens (including phenoxy) is 1. The fraction of sp³-hybridized carbons (Fsp3) is 0.600. The molecule has 1 aliphatic rings. The molecule has 0 aromatic heterocycles. The molecule has 0 radical (unpaired) electrons. The fourth-order valence-corrected chi connectivity index (χ4v) is 2.77. The van der Waals surface area contributed by atoms with Crippen LogP contribution < -0.4 is 10.1 Å². The Kier molecular flexibility index (Phi) is 4.16. The van der Waals surface area contributed by atoms with E-state index >= 15 is 0 Å². The molecule has 0 aliphatic heterocycles. The first-order chi connectivity index (χ1) is 9.41. The summed E-state index contributed by atoms with van der Waals surface area (Å²) in [4.78, 5) is 11.0. The normalized spacial score (nSPS) is 17.2. The van der Waals surface area contributed by atoms with Crippen LogP contribution in [0.1, 0.15) is 46.5 Å². The Hall–Kier alpha value is -1.78. The maximum absolute atomic E-state index is 11.4. The van der Waals surface area contributed by atoms with Crippen LogP contribution >= 0.6 is 0 Å². The summed E-state index contributed by atoms with van der Waals surface area (Å²) in [5.41, 5.74) is 0.535. The number of rotatable bonds is 5. The van der Waals surface area contributed by atoms with Gasteiger partial charge in [-0.2, -0.15) is 0 Å². The summed E-state index contributed by atoms with van der Waals surface area (Å²) in [5.74, 6) is 0.330. The molecule has 0 amide bonds. The van der Waals surface area contributed by atoms with Gasteiger partial charge in [0, 0.05) is 5.54 Å². The highest BCUT2D eigenvalue weighted by Gasteiger charge is 2.32. The van der Waals surface area contributed by atoms with Gasteiger partial charge in [0.2, 0.25) is 0 Å². The van der Waals surface area contributed by atoms with Gasteiger partial charge in [-0.1, -0.05) is 18.9 Å². The van der Waals surface area contributed by atoms with Crippen LogP contribution in [-0.4, -0.2) is 16.6 Å². The first-order valence-electron chi connectivity index (χ1n) is 7.13. The number of hydrogen-bond acceptors (Lipinski definition) is 4. The summed E-state index contributed by atoms with van der Waals surface area (Å²) >= 11 is 0. The summed E-state index contributed by atoms with van der Waals surface area (Å²) in [6, 6.07) is 5.21. The second kappa shape index (κ2) is 5.69. The van der Waals surface area contributed by atoms with Crippen LogP contribution in [0.2, 0.25) is 0 Å². The zero-order valence-electron chi connectivity index (χ0n) is 12.3. The minimum atomic E-state index is -0.363. The van der Waals surface area contributed by atoms with Crippen LogP contribution in [0.5, 0.6) is 5.75 Å². The SMILES string of the molecule is CC(C)Oc1cccc(NC2(C)CCCC2)c1[N+](=O)[O-]. The van der Waals surface area contributed by atoms with Gasteiger partial charge < -0.3 is 10.1 Å². The van der Waals surface area contributed by atoms with Crippen LogP contribution in [0, 0.1) is 10.1 Å². The Balaban J connectivity index is 2.34. The molecule has 5 nitrogen and oxygen atoms in total. The molecule has 1 saturated carbocycles. The molecule has 0 unspecified atom stereocenters. The van der Waals surface area contributed by atoms with Crippen LogP contribution in [0.25, 0.3) is 0 Å². The second-order valence-electron chi connectivity index (χ2n) is 5.97. The molecular formula is C15H22N2O3. The Morgan fingerprint density at radius 3 is 2.55 bits per heavy atom. The lowest BCUT2D eigenvalue weighted by Gasteiger charge is -2.26. The van der Waals surface area contributed by atoms with E-state index in [1.165, 1.54) is 12.8 Å². The van der Waals surface area contributed by atoms with Crippen molar-refractivity contribution in [3.05, 3.63) is 28.3 Å². The summed E-state index contributed by atoms with van der Waals surface area (Å²) in [6.07, 6.45) is 4.32. The van der Waals surface area contributed by atoms with E-state index in [-0.39, 0.29) is 22.3 Å². The maximum Gasteiger partial charge on any atom is 0.333 e. The van der Waals surface area contributed by atoms with Gasteiger partial charge in [0.15, 0.2) is 5.75 Å². The molecule has 1 aliphatic carbocycles. The molecule has 1 fully saturated rings. The highest BCUT2D eigenvalue weighted by Crippen LogP contribution is 2.40. The number of nitro benzene ring substituents is 1. The zero-order valence-corrected chi connectivity index (χ0v) is 12.3. The van der Waals surface area contributed by atoms with Crippen LogP contribution in [0.15, 0.2) is 18.2 Å². The Morgan fingerprint density at radius 1 is 1.35 bits per heavy atom. The highest BCUT2D eigenvalue weighted by molar-refractivity contribution is 5.69. The molecular weight excluding hydrogens is 256 g/mol. The lowest BCUT2D eigenvalue weighted by molar-refractivity contribution is -0.385. The molecule has 2 rings (SSSR count). The highest BCUT2D eigenvalue weighted by atomic mass is 16.6. The number of benzene rings is 1. The number of hydrogen-bond donors (Lipinski definition) is 1. The predicted octanol–water partition coefficient (Wildman–Crippen LogP) is 4.13. The van der Waals surface area contributed by atoms with Gasteiger partial charge in [-0.15, -0.1) is 0 Å². The van der Waals surface area contributed by atoms with Crippen molar-refractivity contribution >= 4 is 11.4 Å². The van der Waals surface area contributed by atoms with E-state index in [1.54, 1.807) is 18.2 Å². The van der Waals surface area contributed by atoms with Crippen LogP contribution in [0.3, 0.4) is 0 Å². The zero-order chi connectivity index (χ0) is 14.8. The van der Waals surface area contributed by atoms with E-state index in [2.05, 4.69) is 12.2 Å². The Morgan fingerprint density at radius 2 is 2.00 bits per heavy atom. The number of para-hydroxylation sites is 1. The summed E-state index contributed by atoms with van der Waals surface area (Å²) < 4.78 is 5.56. The topological polar surface area (TPSA) is 64.4 Å². The van der Waals surface area contributed by atoms with Gasteiger partial charge >= 0.3 is 5.69 Å². The van der Waals surface area contributed by atoms with E-state index < -0.39 is 0 Å². The molecule has 110 valence electrons. The third kappa shape index (κ3) is 3.21. The predicted molar refractivity (Wildman–Crippen MR) is 79.4 cm³/mol. The van der Waals surface area contributed by atoms with E-state index in [9.17, 15) is 10.1 Å². The van der Waals surface area contributed by atoms with Crippen molar-refractivity contribution in [3.8, 4) is 5.75 Å². The van der Waals surface area contributed by atoms with E-state index in [0.717, 1.165) is 12.8 Å². The number of nitrogens with zero attached hydrogens (tertiary/aromatic N) is 1. The van der Waals surface area contributed by atoms with Gasteiger partial charge in [0.25, 0.3) is 0 Å². The molecule has 1 aromatic rings. The van der Waals surface area contributed by atoms with Gasteiger partial charge in [-0.05, 0) is 45.7 Å². The van der Waals surface area contributed by atoms with E-state index in [1.807, 2.05) is 13.8 Å². The molecule has 0 saturated heterocycles. The van der Waals surface area contributed by atoms with Crippen molar-refractivity contribution in [2.24, 2.45) is 0 Å². The van der Waals surface area contributed by atoms with E-state index in [0.29, 0.717) is 11.4 Å². The molecule has 20 heavy (non-hydrogen) atoms. The van der Waals surface area contributed by atoms with Gasteiger partial charge in [-0.25, -0.2) is 0 Å². The monoisotopic (exact) mass is 278 g/mol. The lowest BCUT2D eigenvalue weighted by atomic mass is 10.00. The van der Waals surface area contributed by atoms with Crippen molar-refractivity contribution in [3.63, 3.8) is 0 Å². The number of anilines is 1. The van der Waals surface area contributed by atoms with Crippen molar-refractivity contribution in [2.75, 3.05) is 5.32 Å². The van der Waals surface area contributed by atoms with Crippen molar-refractivity contribution < 1.29 is 9.66 Å². The van der Waals surface area contributed by atoms with Gasteiger partial charge in [0.1, 0.15) is 5.69 Å². The van der Waals surface area contributed by atoms with Gasteiger partial charge in [0.05, 0.1) is 11.0 Å². The lowest BCUT2D eigenvalue weighted by Crippen LogP contribution is -2.31. The van der Waals surface area contributed by atoms with E-state index in [4.69, 9.17) is 4.74 Å². The largest absolute Gasteiger partial charge is 0.484 e. The Bertz CT molecular complexity index is 494. The second-order valence-corrected chi connectivity index (χ2v) is 5.97. The molecule has 0 heterocycles. The minimum Gasteiger partial charge on any atom is -0.484 e. The van der Waals surface area contributed by atoms with Gasteiger partial charge in [-0.3, -0.25) is 10.1 Å². The maximum atomic E-state index is 11.4. The van der Waals surface area contributed by atoms with Crippen LogP contribution in [0.4, 0.5) is 11.4 Å². The summed E-state index contributed by atoms with van der Waals surface area (Å²) in [5, 5.41) is 14.7. The summed E-state index contributed by atoms with van der Waals surface area (Å²) in [7, 11) is 0. The average molecular weight is 278 g/mol. The average Bonchev–Trinajstić information content (AvgIpc) is 2.74. The smallest absolute Gasteiger partial charge is 0.333 e. The van der Waals surface area contributed by atoms with Crippen molar-refractivity contribution in [1.82, 2.24) is 0 Å². The molecule has 5 heteroatoms. The number of nitro groups is 1. The molecule has 0 spiro atoms. The third-order valence-corrected chi connectivity index (χ3v) is 3.69. The third-order valence-electron chi connectivity index (χ3n) is 3.69. The standard InChI is InChI=1S/C15H22N2O3/c1-11(2)20-13-8-6-7-12(14(13)17(18)19)16-15(3)9-4-5-10-15/h6-8,11,16H,4-5,9-10H2,1-3H3. The number of nitrogens with one attached hydrogen (secondary N) is 1.